The van der Waals surface area contributed by atoms with Gasteiger partial charge in [-0.25, -0.2) is 0 Å². The van der Waals surface area contributed by atoms with Crippen LogP contribution in [0.1, 0.15) is 5.56 Å². The van der Waals surface area contributed by atoms with E-state index in [4.69, 9.17) is 4.74 Å². The first-order chi connectivity index (χ1) is 13.1. The molecular formula is C23H26N2O2. The van der Waals surface area contributed by atoms with Crippen LogP contribution in [0.5, 0.6) is 5.75 Å². The summed E-state index contributed by atoms with van der Waals surface area (Å²) in [4.78, 5) is 14.4. The third kappa shape index (κ3) is 5.31. The second kappa shape index (κ2) is 9.19. The lowest BCUT2D eigenvalue weighted by Crippen LogP contribution is -2.42. The predicted octanol–water partition coefficient (Wildman–Crippen LogP) is 3.51. The third-order valence-electron chi connectivity index (χ3n) is 4.69. The van der Waals surface area contributed by atoms with Crippen molar-refractivity contribution in [3.8, 4) is 5.75 Å². The number of amides is 1. The molecule has 0 saturated heterocycles. The van der Waals surface area contributed by atoms with Crippen molar-refractivity contribution in [1.82, 2.24) is 10.2 Å². The monoisotopic (exact) mass is 362 g/mol. The number of nitrogens with one attached hydrogen (secondary N) is 1. The van der Waals surface area contributed by atoms with Gasteiger partial charge in [0.25, 0.3) is 5.91 Å². The molecule has 3 aromatic carbocycles. The Morgan fingerprint density at radius 2 is 1.67 bits per heavy atom. The minimum Gasteiger partial charge on any atom is -0.483 e. The van der Waals surface area contributed by atoms with Crippen molar-refractivity contribution in [3.63, 3.8) is 0 Å². The molecule has 0 saturated carbocycles. The predicted molar refractivity (Wildman–Crippen MR) is 110 cm³/mol. The van der Waals surface area contributed by atoms with Gasteiger partial charge in [-0.2, -0.15) is 0 Å². The Labute approximate surface area is 160 Å². The molecule has 1 N–H and O–H groups in total. The van der Waals surface area contributed by atoms with Crippen molar-refractivity contribution in [1.29, 1.82) is 0 Å². The second-order valence-electron chi connectivity index (χ2n) is 6.88. The summed E-state index contributed by atoms with van der Waals surface area (Å²) < 4.78 is 5.77. The molecule has 0 aliphatic carbocycles. The summed E-state index contributed by atoms with van der Waals surface area (Å²) in [7, 11) is 4.07. The van der Waals surface area contributed by atoms with E-state index in [-0.39, 0.29) is 18.6 Å². The van der Waals surface area contributed by atoms with Crippen molar-refractivity contribution in [2.45, 2.75) is 12.5 Å². The fourth-order valence-corrected chi connectivity index (χ4v) is 3.07. The topological polar surface area (TPSA) is 41.6 Å². The summed E-state index contributed by atoms with van der Waals surface area (Å²) >= 11 is 0. The van der Waals surface area contributed by atoms with Crippen LogP contribution in [-0.4, -0.2) is 44.1 Å². The number of rotatable bonds is 8. The van der Waals surface area contributed by atoms with E-state index in [1.165, 1.54) is 5.56 Å². The lowest BCUT2D eigenvalue weighted by Gasteiger charge is -2.24. The van der Waals surface area contributed by atoms with Crippen molar-refractivity contribution in [2.75, 3.05) is 27.2 Å². The number of carbonyl (C=O) groups is 1. The maximum Gasteiger partial charge on any atom is 0.257 e. The van der Waals surface area contributed by atoms with E-state index in [9.17, 15) is 4.79 Å². The van der Waals surface area contributed by atoms with Crippen molar-refractivity contribution < 1.29 is 9.53 Å². The van der Waals surface area contributed by atoms with Crippen molar-refractivity contribution >= 4 is 16.7 Å². The van der Waals surface area contributed by atoms with E-state index in [2.05, 4.69) is 22.3 Å². The standard InChI is InChI=1S/C23H26N2O2/c1-25(2)20(15-18-9-4-3-5-10-18)16-24-23(26)17-27-22-14-8-12-19-11-6-7-13-21(19)22/h3-14,20H,15-17H2,1-2H3,(H,24,26)/t20-/m1/s1. The summed E-state index contributed by atoms with van der Waals surface area (Å²) in [5.74, 6) is 0.625. The molecule has 0 aliphatic heterocycles. The molecule has 0 spiro atoms. The molecule has 0 radical (unpaired) electrons. The van der Waals surface area contributed by atoms with E-state index in [1.54, 1.807) is 0 Å². The minimum atomic E-state index is -0.108. The van der Waals surface area contributed by atoms with Gasteiger partial charge in [-0.3, -0.25) is 4.79 Å². The molecule has 0 bridgehead atoms. The lowest BCUT2D eigenvalue weighted by molar-refractivity contribution is -0.123. The minimum absolute atomic E-state index is 0.0134. The zero-order valence-electron chi connectivity index (χ0n) is 15.9. The Morgan fingerprint density at radius 3 is 2.44 bits per heavy atom. The molecule has 0 fully saturated rings. The molecule has 1 amide bonds. The highest BCUT2D eigenvalue weighted by atomic mass is 16.5. The number of hydrogen-bond acceptors (Lipinski definition) is 3. The second-order valence-corrected chi connectivity index (χ2v) is 6.88. The molecule has 0 unspecified atom stereocenters. The van der Waals surface area contributed by atoms with Gasteiger partial charge in [-0.15, -0.1) is 0 Å². The van der Waals surface area contributed by atoms with E-state index in [0.717, 1.165) is 22.9 Å². The number of ether oxygens (including phenoxy) is 1. The molecule has 0 aliphatic rings. The van der Waals surface area contributed by atoms with Gasteiger partial charge in [0, 0.05) is 18.0 Å². The summed E-state index contributed by atoms with van der Waals surface area (Å²) in [6.07, 6.45) is 0.887. The first-order valence-electron chi connectivity index (χ1n) is 9.21. The van der Waals surface area contributed by atoms with Crippen LogP contribution in [0.4, 0.5) is 0 Å². The Balaban J connectivity index is 1.53. The fraction of sp³-hybridized carbons (Fsp3) is 0.261. The molecule has 3 aromatic rings. The number of likely N-dealkylation sites (N-methyl/N-ethyl adjacent to an activating group) is 1. The summed E-state index contributed by atoms with van der Waals surface area (Å²) in [5, 5.41) is 5.12. The molecule has 4 nitrogen and oxygen atoms in total. The Morgan fingerprint density at radius 1 is 0.963 bits per heavy atom. The largest absolute Gasteiger partial charge is 0.483 e. The number of carbonyl (C=O) groups excluding carboxylic acids is 1. The van der Waals surface area contributed by atoms with Crippen LogP contribution < -0.4 is 10.1 Å². The molecule has 1 atom stereocenters. The first-order valence-corrected chi connectivity index (χ1v) is 9.21. The molecular weight excluding hydrogens is 336 g/mol. The normalized spacial score (nSPS) is 12.1. The van der Waals surface area contributed by atoms with E-state index in [0.29, 0.717) is 6.54 Å². The molecule has 0 aromatic heterocycles. The lowest BCUT2D eigenvalue weighted by atomic mass is 10.1. The number of benzene rings is 3. The van der Waals surface area contributed by atoms with E-state index in [1.807, 2.05) is 74.8 Å². The smallest absolute Gasteiger partial charge is 0.257 e. The number of fused-ring (bicyclic) bond motifs is 1. The van der Waals surface area contributed by atoms with Gasteiger partial charge in [0.15, 0.2) is 6.61 Å². The van der Waals surface area contributed by atoms with Gasteiger partial charge in [-0.1, -0.05) is 66.7 Å². The molecule has 4 heteroatoms. The highest BCUT2D eigenvalue weighted by Gasteiger charge is 2.14. The van der Waals surface area contributed by atoms with Crippen LogP contribution >= 0.6 is 0 Å². The van der Waals surface area contributed by atoms with Crippen LogP contribution in [0.3, 0.4) is 0 Å². The van der Waals surface area contributed by atoms with Crippen LogP contribution in [0.15, 0.2) is 72.8 Å². The van der Waals surface area contributed by atoms with Crippen LogP contribution in [0, 0.1) is 0 Å². The fourth-order valence-electron chi connectivity index (χ4n) is 3.07. The zero-order valence-corrected chi connectivity index (χ0v) is 15.9. The first kappa shape index (κ1) is 18.9. The highest BCUT2D eigenvalue weighted by molar-refractivity contribution is 5.88. The van der Waals surface area contributed by atoms with Gasteiger partial charge in [0.2, 0.25) is 0 Å². The van der Waals surface area contributed by atoms with Crippen molar-refractivity contribution in [2.24, 2.45) is 0 Å². The average molecular weight is 362 g/mol. The van der Waals surface area contributed by atoms with Gasteiger partial charge in [-0.05, 0) is 37.5 Å². The van der Waals surface area contributed by atoms with Crippen molar-refractivity contribution in [3.05, 3.63) is 78.4 Å². The quantitative estimate of drug-likeness (QED) is 0.667. The Kier molecular flexibility index (Phi) is 6.44. The van der Waals surface area contributed by atoms with Gasteiger partial charge in [0.05, 0.1) is 0 Å². The van der Waals surface area contributed by atoms with Crippen LogP contribution in [-0.2, 0) is 11.2 Å². The summed E-state index contributed by atoms with van der Waals surface area (Å²) in [5.41, 5.74) is 1.26. The van der Waals surface area contributed by atoms with Gasteiger partial charge in [0.1, 0.15) is 5.75 Å². The maximum absolute atomic E-state index is 12.3. The molecule has 3 rings (SSSR count). The maximum atomic E-state index is 12.3. The summed E-state index contributed by atoms with van der Waals surface area (Å²) in [6.45, 7) is 0.596. The molecule has 140 valence electrons. The zero-order chi connectivity index (χ0) is 19.1. The van der Waals surface area contributed by atoms with E-state index >= 15 is 0 Å². The van der Waals surface area contributed by atoms with Crippen LogP contribution in [0.25, 0.3) is 10.8 Å². The van der Waals surface area contributed by atoms with Crippen LogP contribution in [0.2, 0.25) is 0 Å². The highest BCUT2D eigenvalue weighted by Crippen LogP contribution is 2.24. The SMILES string of the molecule is CN(C)[C@@H](CNC(=O)COc1cccc2ccccc12)Cc1ccccc1. The molecule has 0 heterocycles. The van der Waals surface area contributed by atoms with Gasteiger partial charge < -0.3 is 15.0 Å². The Bertz CT molecular complexity index is 872. The summed E-state index contributed by atoms with van der Waals surface area (Å²) in [6, 6.07) is 24.4. The number of nitrogens with zero attached hydrogens (tertiary/aromatic N) is 1. The number of hydrogen-bond donors (Lipinski definition) is 1. The molecule has 27 heavy (non-hydrogen) atoms. The third-order valence-corrected chi connectivity index (χ3v) is 4.69. The van der Waals surface area contributed by atoms with E-state index < -0.39 is 0 Å². The average Bonchev–Trinajstić information content (AvgIpc) is 2.70. The Hall–Kier alpha value is -2.85. The van der Waals surface area contributed by atoms with Gasteiger partial charge >= 0.3 is 0 Å².